The molecule has 0 aliphatic rings. The zero-order valence-corrected chi connectivity index (χ0v) is 14.5. The second kappa shape index (κ2) is 8.76. The average Bonchev–Trinajstić information content (AvgIpc) is 2.93. The maximum absolute atomic E-state index is 6.15. The number of rotatable bonds is 6. The summed E-state index contributed by atoms with van der Waals surface area (Å²) in [7, 11) is 1.78. The van der Waals surface area contributed by atoms with E-state index >= 15 is 0 Å². The van der Waals surface area contributed by atoms with Crippen LogP contribution in [-0.4, -0.2) is 31.1 Å². The van der Waals surface area contributed by atoms with Gasteiger partial charge in [0.05, 0.1) is 10.7 Å². The zero-order valence-electron chi connectivity index (χ0n) is 12.9. The van der Waals surface area contributed by atoms with Crippen molar-refractivity contribution in [1.29, 1.82) is 0 Å². The molecule has 6 heteroatoms. The highest BCUT2D eigenvalue weighted by atomic mass is 35.5. The van der Waals surface area contributed by atoms with Gasteiger partial charge in [-0.25, -0.2) is 4.98 Å². The third kappa shape index (κ3) is 5.31. The molecule has 0 aliphatic carbocycles. The van der Waals surface area contributed by atoms with E-state index in [2.05, 4.69) is 26.0 Å². The fourth-order valence-electron chi connectivity index (χ4n) is 2.07. The highest BCUT2D eigenvalue weighted by molar-refractivity contribution is 7.09. The molecule has 0 spiro atoms. The van der Waals surface area contributed by atoms with Crippen LogP contribution in [-0.2, 0) is 12.8 Å². The molecule has 2 N–H and O–H groups in total. The molecule has 0 radical (unpaired) electrons. The largest absolute Gasteiger partial charge is 0.356 e. The van der Waals surface area contributed by atoms with Crippen LogP contribution in [0.25, 0.3) is 0 Å². The predicted octanol–water partition coefficient (Wildman–Crippen LogP) is 3.06. The lowest BCUT2D eigenvalue weighted by molar-refractivity contribution is 0.777. The molecule has 118 valence electrons. The summed E-state index contributed by atoms with van der Waals surface area (Å²) in [4.78, 5) is 8.67. The average molecular weight is 337 g/mol. The van der Waals surface area contributed by atoms with E-state index in [-0.39, 0.29) is 0 Å². The Balaban J connectivity index is 1.70. The van der Waals surface area contributed by atoms with Crippen LogP contribution in [0, 0.1) is 6.92 Å². The minimum Gasteiger partial charge on any atom is -0.356 e. The highest BCUT2D eigenvalue weighted by Crippen LogP contribution is 2.14. The molecule has 2 rings (SSSR count). The molecular weight excluding hydrogens is 316 g/mol. The summed E-state index contributed by atoms with van der Waals surface area (Å²) in [6.45, 7) is 3.63. The number of halogens is 1. The van der Waals surface area contributed by atoms with E-state index in [0.29, 0.717) is 0 Å². The Labute approximate surface area is 140 Å². The molecule has 0 amide bonds. The number of aromatic nitrogens is 1. The summed E-state index contributed by atoms with van der Waals surface area (Å²) in [5, 5.41) is 10.6. The lowest BCUT2D eigenvalue weighted by Crippen LogP contribution is -2.39. The normalized spacial score (nSPS) is 11.5. The Morgan fingerprint density at radius 2 is 1.95 bits per heavy atom. The van der Waals surface area contributed by atoms with Gasteiger partial charge in [-0.15, -0.1) is 11.3 Å². The van der Waals surface area contributed by atoms with Gasteiger partial charge in [-0.05, 0) is 25.0 Å². The van der Waals surface area contributed by atoms with E-state index < -0.39 is 0 Å². The molecule has 1 heterocycles. The number of nitrogens with zero attached hydrogens (tertiary/aromatic N) is 2. The van der Waals surface area contributed by atoms with E-state index in [0.717, 1.165) is 53.2 Å². The lowest BCUT2D eigenvalue weighted by atomic mass is 10.1. The predicted molar refractivity (Wildman–Crippen MR) is 95.1 cm³/mol. The number of aliphatic imine (C=N–C) groups is 1. The van der Waals surface area contributed by atoms with Crippen LogP contribution in [0.3, 0.4) is 0 Å². The Morgan fingerprint density at radius 3 is 2.59 bits per heavy atom. The van der Waals surface area contributed by atoms with Crippen LogP contribution in [0.15, 0.2) is 34.6 Å². The summed E-state index contributed by atoms with van der Waals surface area (Å²) < 4.78 is 0. The molecule has 0 saturated carbocycles. The molecule has 0 aliphatic heterocycles. The number of aryl methyl sites for hydroxylation is 1. The van der Waals surface area contributed by atoms with Crippen molar-refractivity contribution in [2.45, 2.75) is 19.8 Å². The van der Waals surface area contributed by atoms with Crippen LogP contribution in [0.5, 0.6) is 0 Å². The number of hydrogen-bond acceptors (Lipinski definition) is 3. The first-order chi connectivity index (χ1) is 10.7. The monoisotopic (exact) mass is 336 g/mol. The van der Waals surface area contributed by atoms with Gasteiger partial charge in [-0.1, -0.05) is 29.8 Å². The van der Waals surface area contributed by atoms with Crippen molar-refractivity contribution in [3.63, 3.8) is 0 Å². The summed E-state index contributed by atoms with van der Waals surface area (Å²) in [5.74, 6) is 0.805. The quantitative estimate of drug-likeness (QED) is 0.629. The Kier molecular flexibility index (Phi) is 6.68. The van der Waals surface area contributed by atoms with Crippen molar-refractivity contribution in [2.75, 3.05) is 20.1 Å². The fraction of sp³-hybridized carbons (Fsp3) is 0.375. The molecule has 0 atom stereocenters. The minimum absolute atomic E-state index is 0.791. The van der Waals surface area contributed by atoms with Crippen LogP contribution in [0.2, 0.25) is 5.02 Å². The van der Waals surface area contributed by atoms with Crippen LogP contribution < -0.4 is 10.6 Å². The van der Waals surface area contributed by atoms with Crippen molar-refractivity contribution in [3.05, 3.63) is 50.9 Å². The highest BCUT2D eigenvalue weighted by Gasteiger charge is 2.02. The van der Waals surface area contributed by atoms with Crippen molar-refractivity contribution in [1.82, 2.24) is 15.6 Å². The molecular formula is C16H21ClN4S. The Bertz CT molecular complexity index is 624. The molecule has 2 aromatic rings. The van der Waals surface area contributed by atoms with Crippen LogP contribution >= 0.6 is 22.9 Å². The molecule has 4 nitrogen and oxygen atoms in total. The van der Waals surface area contributed by atoms with Gasteiger partial charge in [0.1, 0.15) is 0 Å². The first-order valence-corrected chi connectivity index (χ1v) is 8.53. The number of nitrogens with one attached hydrogen (secondary N) is 2. The number of hydrogen-bond donors (Lipinski definition) is 2. The molecule has 0 saturated heterocycles. The molecule has 22 heavy (non-hydrogen) atoms. The second-order valence-electron chi connectivity index (χ2n) is 4.88. The molecule has 1 aromatic carbocycles. The third-order valence-electron chi connectivity index (χ3n) is 3.21. The summed E-state index contributed by atoms with van der Waals surface area (Å²) in [5.41, 5.74) is 2.27. The maximum atomic E-state index is 6.15. The standard InChI is InChI=1S/C16H21ClN4S/c1-12-21-14(11-22-12)8-10-20-16(18-2)19-9-7-13-5-3-4-6-15(13)17/h3-6,11H,7-10H2,1-2H3,(H2,18,19,20). The molecule has 0 bridgehead atoms. The first kappa shape index (κ1) is 16.8. The Morgan fingerprint density at radius 1 is 1.23 bits per heavy atom. The fourth-order valence-corrected chi connectivity index (χ4v) is 2.95. The SMILES string of the molecule is CN=C(NCCc1csc(C)n1)NCCc1ccccc1Cl. The van der Waals surface area contributed by atoms with E-state index in [1.807, 2.05) is 31.2 Å². The van der Waals surface area contributed by atoms with Crippen LogP contribution in [0.4, 0.5) is 0 Å². The summed E-state index contributed by atoms with van der Waals surface area (Å²) in [6.07, 6.45) is 1.77. The van der Waals surface area contributed by atoms with Crippen LogP contribution in [0.1, 0.15) is 16.3 Å². The van der Waals surface area contributed by atoms with Crippen molar-refractivity contribution < 1.29 is 0 Å². The molecule has 0 fully saturated rings. The number of thiazole rings is 1. The van der Waals surface area contributed by atoms with Gasteiger partial charge in [0.15, 0.2) is 5.96 Å². The zero-order chi connectivity index (χ0) is 15.8. The topological polar surface area (TPSA) is 49.3 Å². The van der Waals surface area contributed by atoms with Gasteiger partial charge in [-0.2, -0.15) is 0 Å². The Hall–Kier alpha value is -1.59. The number of guanidine groups is 1. The van der Waals surface area contributed by atoms with Gasteiger partial charge < -0.3 is 10.6 Å². The lowest BCUT2D eigenvalue weighted by Gasteiger charge is -2.11. The van der Waals surface area contributed by atoms with Gasteiger partial charge >= 0.3 is 0 Å². The smallest absolute Gasteiger partial charge is 0.190 e. The van der Waals surface area contributed by atoms with E-state index in [4.69, 9.17) is 11.6 Å². The van der Waals surface area contributed by atoms with Crippen molar-refractivity contribution >= 4 is 28.9 Å². The van der Waals surface area contributed by atoms with E-state index in [1.54, 1.807) is 18.4 Å². The first-order valence-electron chi connectivity index (χ1n) is 7.28. The van der Waals surface area contributed by atoms with Crippen molar-refractivity contribution in [3.8, 4) is 0 Å². The van der Waals surface area contributed by atoms with Crippen molar-refractivity contribution in [2.24, 2.45) is 4.99 Å². The van der Waals surface area contributed by atoms with E-state index in [1.165, 1.54) is 0 Å². The van der Waals surface area contributed by atoms with Gasteiger partial charge in [-0.3, -0.25) is 4.99 Å². The van der Waals surface area contributed by atoms with E-state index in [9.17, 15) is 0 Å². The molecule has 0 unspecified atom stereocenters. The third-order valence-corrected chi connectivity index (χ3v) is 4.40. The van der Waals surface area contributed by atoms with Gasteiger partial charge in [0.2, 0.25) is 0 Å². The number of benzene rings is 1. The van der Waals surface area contributed by atoms with Gasteiger partial charge in [0.25, 0.3) is 0 Å². The second-order valence-corrected chi connectivity index (χ2v) is 6.34. The minimum atomic E-state index is 0.791. The maximum Gasteiger partial charge on any atom is 0.190 e. The molecule has 1 aromatic heterocycles. The summed E-state index contributed by atoms with van der Waals surface area (Å²) >= 11 is 7.83. The van der Waals surface area contributed by atoms with Gasteiger partial charge in [0, 0.05) is 37.0 Å². The summed E-state index contributed by atoms with van der Waals surface area (Å²) in [6, 6.07) is 7.91.